The van der Waals surface area contributed by atoms with Gasteiger partial charge in [0.1, 0.15) is 11.4 Å². The average molecular weight is 287 g/mol. The van der Waals surface area contributed by atoms with Crippen molar-refractivity contribution in [1.29, 1.82) is 0 Å². The Kier molecular flexibility index (Phi) is 3.98. The average Bonchev–Trinajstić information content (AvgIpc) is 2.37. The van der Waals surface area contributed by atoms with E-state index in [-0.39, 0.29) is 0 Å². The number of carbonyl (C=O) groups is 1. The van der Waals surface area contributed by atoms with Gasteiger partial charge in [0.25, 0.3) is 0 Å². The van der Waals surface area contributed by atoms with E-state index in [0.29, 0.717) is 22.4 Å². The molecule has 0 radical (unpaired) electrons. The molecule has 21 heavy (non-hydrogen) atoms. The van der Waals surface area contributed by atoms with Gasteiger partial charge in [0.2, 0.25) is 0 Å². The topological polar surface area (TPSA) is 52.3 Å². The van der Waals surface area contributed by atoms with Gasteiger partial charge in [-0.25, -0.2) is 9.18 Å². The van der Waals surface area contributed by atoms with Gasteiger partial charge in [0.05, 0.1) is 5.56 Å². The van der Waals surface area contributed by atoms with Crippen LogP contribution in [0.2, 0.25) is 0 Å². The van der Waals surface area contributed by atoms with Crippen LogP contribution < -0.4 is 5.73 Å². The predicted octanol–water partition coefficient (Wildman–Crippen LogP) is 4.03. The lowest BCUT2D eigenvalue weighted by Gasteiger charge is -2.19. The van der Waals surface area contributed by atoms with Crippen LogP contribution in [0.3, 0.4) is 0 Å². The standard InChI is InChI=1S/C17H18FNO2/c1-17(2,3)21-16(20)12-7-4-6-11(10-12)15-13(18)8-5-9-14(15)19/h4-10H,19H2,1-3H3. The van der Waals surface area contributed by atoms with Crippen LogP contribution in [0.5, 0.6) is 0 Å². The normalized spacial score (nSPS) is 11.2. The molecule has 0 bridgehead atoms. The van der Waals surface area contributed by atoms with Crippen LogP contribution >= 0.6 is 0 Å². The van der Waals surface area contributed by atoms with Gasteiger partial charge in [-0.1, -0.05) is 18.2 Å². The third kappa shape index (κ3) is 3.60. The molecule has 0 spiro atoms. The molecule has 0 fully saturated rings. The molecule has 0 saturated heterocycles. The Morgan fingerprint density at radius 1 is 1.14 bits per heavy atom. The van der Waals surface area contributed by atoms with E-state index in [4.69, 9.17) is 10.5 Å². The number of rotatable bonds is 2. The molecular formula is C17H18FNO2. The number of halogens is 1. The zero-order chi connectivity index (χ0) is 15.6. The molecule has 0 aromatic heterocycles. The van der Waals surface area contributed by atoms with Gasteiger partial charge in [0.15, 0.2) is 0 Å². The van der Waals surface area contributed by atoms with E-state index in [1.165, 1.54) is 6.07 Å². The molecule has 2 aromatic carbocycles. The second-order valence-electron chi connectivity index (χ2n) is 5.79. The molecule has 2 rings (SSSR count). The number of carbonyl (C=O) groups excluding carboxylic acids is 1. The van der Waals surface area contributed by atoms with Crippen molar-refractivity contribution in [3.05, 3.63) is 53.8 Å². The zero-order valence-corrected chi connectivity index (χ0v) is 12.3. The molecule has 0 saturated carbocycles. The molecule has 110 valence electrons. The maximum absolute atomic E-state index is 13.9. The van der Waals surface area contributed by atoms with E-state index in [9.17, 15) is 9.18 Å². The molecule has 2 N–H and O–H groups in total. The third-order valence-electron chi connectivity index (χ3n) is 2.83. The SMILES string of the molecule is CC(C)(C)OC(=O)c1cccc(-c2c(N)cccc2F)c1. The van der Waals surface area contributed by atoms with Crippen molar-refractivity contribution in [3.63, 3.8) is 0 Å². The Morgan fingerprint density at radius 3 is 2.43 bits per heavy atom. The van der Waals surface area contributed by atoms with Crippen molar-refractivity contribution in [2.45, 2.75) is 26.4 Å². The Morgan fingerprint density at radius 2 is 1.81 bits per heavy atom. The number of nitrogens with two attached hydrogens (primary N) is 1. The van der Waals surface area contributed by atoms with Crippen LogP contribution in [0.15, 0.2) is 42.5 Å². The summed E-state index contributed by atoms with van der Waals surface area (Å²) < 4.78 is 19.3. The molecule has 0 amide bonds. The summed E-state index contributed by atoms with van der Waals surface area (Å²) >= 11 is 0. The van der Waals surface area contributed by atoms with Crippen molar-refractivity contribution < 1.29 is 13.9 Å². The first kappa shape index (κ1) is 15.0. The highest BCUT2D eigenvalue weighted by Gasteiger charge is 2.18. The minimum atomic E-state index is -0.579. The highest BCUT2D eigenvalue weighted by Crippen LogP contribution is 2.29. The molecule has 2 aromatic rings. The van der Waals surface area contributed by atoms with Crippen LogP contribution in [-0.4, -0.2) is 11.6 Å². The van der Waals surface area contributed by atoms with Gasteiger partial charge in [-0.2, -0.15) is 0 Å². The number of anilines is 1. The number of hydrogen-bond donors (Lipinski definition) is 1. The lowest BCUT2D eigenvalue weighted by Crippen LogP contribution is -2.23. The minimum absolute atomic E-state index is 0.294. The van der Waals surface area contributed by atoms with E-state index < -0.39 is 17.4 Å². The molecule has 0 aliphatic carbocycles. The number of nitrogen functional groups attached to an aromatic ring is 1. The fraction of sp³-hybridized carbons (Fsp3) is 0.235. The van der Waals surface area contributed by atoms with Crippen molar-refractivity contribution in [2.24, 2.45) is 0 Å². The Balaban J connectivity index is 2.41. The number of hydrogen-bond acceptors (Lipinski definition) is 3. The van der Waals surface area contributed by atoms with Gasteiger partial charge in [-0.05, 0) is 50.6 Å². The first-order chi connectivity index (χ1) is 9.78. The Bertz CT molecular complexity index is 654. The summed E-state index contributed by atoms with van der Waals surface area (Å²) in [5, 5.41) is 0. The summed E-state index contributed by atoms with van der Waals surface area (Å²) in [6, 6.07) is 11.1. The van der Waals surface area contributed by atoms with Crippen molar-refractivity contribution in [3.8, 4) is 11.1 Å². The second-order valence-corrected chi connectivity index (χ2v) is 5.79. The van der Waals surface area contributed by atoms with Gasteiger partial charge in [-0.3, -0.25) is 0 Å². The lowest BCUT2D eigenvalue weighted by atomic mass is 10.0. The maximum atomic E-state index is 13.9. The van der Waals surface area contributed by atoms with Crippen molar-refractivity contribution >= 4 is 11.7 Å². The smallest absolute Gasteiger partial charge is 0.338 e. The fourth-order valence-corrected chi connectivity index (χ4v) is 1.98. The van der Waals surface area contributed by atoms with Crippen molar-refractivity contribution in [2.75, 3.05) is 5.73 Å². The molecular weight excluding hydrogens is 269 g/mol. The summed E-state index contributed by atoms with van der Waals surface area (Å²) in [4.78, 5) is 12.1. The minimum Gasteiger partial charge on any atom is -0.456 e. The molecule has 4 heteroatoms. The molecule has 0 unspecified atom stereocenters. The van der Waals surface area contributed by atoms with Crippen molar-refractivity contribution in [1.82, 2.24) is 0 Å². The highest BCUT2D eigenvalue weighted by molar-refractivity contribution is 5.92. The third-order valence-corrected chi connectivity index (χ3v) is 2.83. The summed E-state index contributed by atoms with van der Waals surface area (Å²) in [6.07, 6.45) is 0. The van der Waals surface area contributed by atoms with E-state index in [1.807, 2.05) is 0 Å². The van der Waals surface area contributed by atoms with Crippen LogP contribution in [0.1, 0.15) is 31.1 Å². The molecule has 0 aliphatic heterocycles. The fourth-order valence-electron chi connectivity index (χ4n) is 1.98. The predicted molar refractivity (Wildman–Crippen MR) is 81.4 cm³/mol. The van der Waals surface area contributed by atoms with Crippen LogP contribution in [0, 0.1) is 5.82 Å². The van der Waals surface area contributed by atoms with Gasteiger partial charge in [0, 0.05) is 11.3 Å². The summed E-state index contributed by atoms with van der Waals surface area (Å²) in [6.45, 7) is 5.39. The Hall–Kier alpha value is -2.36. The van der Waals surface area contributed by atoms with E-state index >= 15 is 0 Å². The van der Waals surface area contributed by atoms with Crippen LogP contribution in [0.4, 0.5) is 10.1 Å². The first-order valence-corrected chi connectivity index (χ1v) is 6.66. The van der Waals surface area contributed by atoms with Gasteiger partial charge in [-0.15, -0.1) is 0 Å². The maximum Gasteiger partial charge on any atom is 0.338 e. The monoisotopic (exact) mass is 287 g/mol. The number of benzene rings is 2. The summed E-state index contributed by atoms with van der Waals surface area (Å²) in [5.41, 5.74) is 6.79. The number of esters is 1. The molecule has 3 nitrogen and oxygen atoms in total. The Labute approximate surface area is 123 Å². The number of ether oxygens (including phenoxy) is 1. The van der Waals surface area contributed by atoms with Gasteiger partial charge < -0.3 is 10.5 Å². The summed E-state index contributed by atoms with van der Waals surface area (Å²) in [5.74, 6) is -0.865. The lowest BCUT2D eigenvalue weighted by molar-refractivity contribution is 0.00696. The van der Waals surface area contributed by atoms with Gasteiger partial charge >= 0.3 is 5.97 Å². The van der Waals surface area contributed by atoms with Crippen LogP contribution in [-0.2, 0) is 4.74 Å². The van der Waals surface area contributed by atoms with E-state index in [2.05, 4.69) is 0 Å². The first-order valence-electron chi connectivity index (χ1n) is 6.66. The van der Waals surface area contributed by atoms with Crippen LogP contribution in [0.25, 0.3) is 11.1 Å². The van der Waals surface area contributed by atoms with E-state index in [1.54, 1.807) is 57.2 Å². The summed E-state index contributed by atoms with van der Waals surface area (Å²) in [7, 11) is 0. The molecule has 0 heterocycles. The quantitative estimate of drug-likeness (QED) is 0.670. The molecule has 0 atom stereocenters. The second kappa shape index (κ2) is 5.56. The van der Waals surface area contributed by atoms with E-state index in [0.717, 1.165) is 0 Å². The largest absolute Gasteiger partial charge is 0.456 e. The molecule has 0 aliphatic rings. The zero-order valence-electron chi connectivity index (χ0n) is 12.3. The highest BCUT2D eigenvalue weighted by atomic mass is 19.1.